The van der Waals surface area contributed by atoms with Gasteiger partial charge in [0, 0.05) is 24.2 Å². The summed E-state index contributed by atoms with van der Waals surface area (Å²) in [7, 11) is 0. The van der Waals surface area contributed by atoms with E-state index in [0.717, 1.165) is 25.3 Å². The van der Waals surface area contributed by atoms with Crippen LogP contribution in [0.25, 0.3) is 5.82 Å². The Hall–Kier alpha value is -1.68. The van der Waals surface area contributed by atoms with Gasteiger partial charge in [-0.25, -0.2) is 9.67 Å². The molecule has 1 aliphatic carbocycles. The second-order valence-electron chi connectivity index (χ2n) is 5.61. The first-order valence-electron chi connectivity index (χ1n) is 7.50. The monoisotopic (exact) mass is 270 g/mol. The smallest absolute Gasteiger partial charge is 0.153 e. The summed E-state index contributed by atoms with van der Waals surface area (Å²) in [6, 6.07) is 4.12. The number of hydrogen-bond acceptors (Lipinski definition) is 3. The van der Waals surface area contributed by atoms with Crippen molar-refractivity contribution in [3.8, 4) is 5.82 Å². The van der Waals surface area contributed by atoms with Crippen molar-refractivity contribution in [2.24, 2.45) is 0 Å². The molecule has 0 aromatic carbocycles. The highest BCUT2D eigenvalue weighted by molar-refractivity contribution is 5.35. The first-order chi connectivity index (χ1) is 9.79. The standard InChI is InChI=1S/C16H22N4/c1-3-7-17-10-14-11-19-20(16(14)13-4-5-13)15-9-12(2)6-8-18-15/h6,8-9,11,13,17H,3-5,7,10H2,1-2H3. The van der Waals surface area contributed by atoms with Gasteiger partial charge in [-0.2, -0.15) is 5.10 Å². The summed E-state index contributed by atoms with van der Waals surface area (Å²) in [6.07, 6.45) is 7.57. The minimum Gasteiger partial charge on any atom is -0.313 e. The van der Waals surface area contributed by atoms with Crippen molar-refractivity contribution in [1.29, 1.82) is 0 Å². The Labute approximate surface area is 120 Å². The van der Waals surface area contributed by atoms with Crippen LogP contribution in [0.15, 0.2) is 24.5 Å². The molecule has 4 nitrogen and oxygen atoms in total. The summed E-state index contributed by atoms with van der Waals surface area (Å²) in [5.74, 6) is 1.60. The normalized spacial score (nSPS) is 14.7. The van der Waals surface area contributed by atoms with Gasteiger partial charge in [0.1, 0.15) is 0 Å². The van der Waals surface area contributed by atoms with E-state index in [1.807, 2.05) is 23.1 Å². The Morgan fingerprint density at radius 2 is 2.25 bits per heavy atom. The second-order valence-corrected chi connectivity index (χ2v) is 5.61. The quantitative estimate of drug-likeness (QED) is 0.821. The SMILES string of the molecule is CCCNCc1cnn(-c2cc(C)ccn2)c1C1CC1. The lowest BCUT2D eigenvalue weighted by Gasteiger charge is -2.09. The number of aryl methyl sites for hydroxylation is 1. The summed E-state index contributed by atoms with van der Waals surface area (Å²) < 4.78 is 2.04. The minimum absolute atomic E-state index is 0.665. The molecule has 2 aromatic rings. The van der Waals surface area contributed by atoms with Gasteiger partial charge >= 0.3 is 0 Å². The van der Waals surface area contributed by atoms with Crippen molar-refractivity contribution >= 4 is 0 Å². The zero-order valence-corrected chi connectivity index (χ0v) is 12.3. The highest BCUT2D eigenvalue weighted by Gasteiger charge is 2.30. The predicted octanol–water partition coefficient (Wildman–Crippen LogP) is 2.95. The molecule has 1 saturated carbocycles. The van der Waals surface area contributed by atoms with Gasteiger partial charge in [0.05, 0.1) is 11.9 Å². The molecule has 0 amide bonds. The van der Waals surface area contributed by atoms with Crippen LogP contribution in [0.1, 0.15) is 48.9 Å². The number of pyridine rings is 1. The molecule has 0 radical (unpaired) electrons. The molecular formula is C16H22N4. The Kier molecular flexibility index (Phi) is 3.83. The molecule has 0 saturated heterocycles. The lowest BCUT2D eigenvalue weighted by atomic mass is 10.1. The molecule has 1 N–H and O–H groups in total. The Bertz CT molecular complexity index is 584. The van der Waals surface area contributed by atoms with Crippen LogP contribution in [0.5, 0.6) is 0 Å². The second kappa shape index (κ2) is 5.75. The highest BCUT2D eigenvalue weighted by atomic mass is 15.3. The number of rotatable bonds is 6. The van der Waals surface area contributed by atoms with Crippen LogP contribution in [-0.2, 0) is 6.54 Å². The summed E-state index contributed by atoms with van der Waals surface area (Å²) in [4.78, 5) is 4.47. The largest absolute Gasteiger partial charge is 0.313 e. The first kappa shape index (κ1) is 13.3. The Morgan fingerprint density at radius 1 is 1.40 bits per heavy atom. The van der Waals surface area contributed by atoms with Crippen molar-refractivity contribution in [2.75, 3.05) is 6.54 Å². The van der Waals surface area contributed by atoms with Gasteiger partial charge in [0.15, 0.2) is 5.82 Å². The van der Waals surface area contributed by atoms with E-state index >= 15 is 0 Å². The number of aromatic nitrogens is 3. The van der Waals surface area contributed by atoms with Crippen molar-refractivity contribution in [3.63, 3.8) is 0 Å². The van der Waals surface area contributed by atoms with Crippen molar-refractivity contribution in [2.45, 2.75) is 45.6 Å². The topological polar surface area (TPSA) is 42.7 Å². The van der Waals surface area contributed by atoms with E-state index in [0.29, 0.717) is 5.92 Å². The summed E-state index contributed by atoms with van der Waals surface area (Å²) >= 11 is 0. The van der Waals surface area contributed by atoms with Crippen molar-refractivity contribution in [1.82, 2.24) is 20.1 Å². The lowest BCUT2D eigenvalue weighted by Crippen LogP contribution is -2.15. The average molecular weight is 270 g/mol. The first-order valence-corrected chi connectivity index (χ1v) is 7.50. The van der Waals surface area contributed by atoms with E-state index in [9.17, 15) is 0 Å². The van der Waals surface area contributed by atoms with Crippen LogP contribution in [0.2, 0.25) is 0 Å². The summed E-state index contributed by atoms with van der Waals surface area (Å²) in [5.41, 5.74) is 3.90. The van der Waals surface area contributed by atoms with E-state index in [1.54, 1.807) is 0 Å². The van der Waals surface area contributed by atoms with Crippen LogP contribution < -0.4 is 5.32 Å². The van der Waals surface area contributed by atoms with Gasteiger partial charge < -0.3 is 5.32 Å². The van der Waals surface area contributed by atoms with Crippen LogP contribution in [0.3, 0.4) is 0 Å². The van der Waals surface area contributed by atoms with E-state index < -0.39 is 0 Å². The van der Waals surface area contributed by atoms with Gasteiger partial charge in [-0.05, 0) is 50.4 Å². The lowest BCUT2D eigenvalue weighted by molar-refractivity contribution is 0.668. The molecule has 20 heavy (non-hydrogen) atoms. The fourth-order valence-electron chi connectivity index (χ4n) is 2.54. The molecule has 0 unspecified atom stereocenters. The molecule has 1 aliphatic rings. The van der Waals surface area contributed by atoms with E-state index in [2.05, 4.69) is 35.3 Å². The fraction of sp³-hybridized carbons (Fsp3) is 0.500. The molecule has 2 aromatic heterocycles. The molecule has 0 atom stereocenters. The third-order valence-electron chi connectivity index (χ3n) is 3.71. The molecule has 2 heterocycles. The number of nitrogens with one attached hydrogen (secondary N) is 1. The van der Waals surface area contributed by atoms with Crippen LogP contribution in [0, 0.1) is 6.92 Å². The van der Waals surface area contributed by atoms with Crippen LogP contribution >= 0.6 is 0 Å². The minimum atomic E-state index is 0.665. The van der Waals surface area contributed by atoms with E-state index in [1.165, 1.54) is 29.7 Å². The zero-order chi connectivity index (χ0) is 13.9. The van der Waals surface area contributed by atoms with Gasteiger partial charge in [0.2, 0.25) is 0 Å². The molecular weight excluding hydrogens is 248 g/mol. The average Bonchev–Trinajstić information content (AvgIpc) is 3.20. The summed E-state index contributed by atoms with van der Waals surface area (Å²) in [5, 5.41) is 8.06. The van der Waals surface area contributed by atoms with E-state index in [-0.39, 0.29) is 0 Å². The Balaban J connectivity index is 1.91. The maximum atomic E-state index is 4.58. The van der Waals surface area contributed by atoms with Gasteiger partial charge in [-0.1, -0.05) is 6.92 Å². The van der Waals surface area contributed by atoms with Crippen molar-refractivity contribution in [3.05, 3.63) is 41.3 Å². The van der Waals surface area contributed by atoms with Crippen LogP contribution in [-0.4, -0.2) is 21.3 Å². The molecule has 3 rings (SSSR count). The Morgan fingerprint density at radius 3 is 2.95 bits per heavy atom. The third kappa shape index (κ3) is 2.75. The molecule has 1 fully saturated rings. The summed E-state index contributed by atoms with van der Waals surface area (Å²) in [6.45, 7) is 6.24. The van der Waals surface area contributed by atoms with E-state index in [4.69, 9.17) is 0 Å². The molecule has 0 aliphatic heterocycles. The predicted molar refractivity (Wildman–Crippen MR) is 80.1 cm³/mol. The maximum Gasteiger partial charge on any atom is 0.153 e. The molecule has 106 valence electrons. The molecule has 4 heteroatoms. The highest BCUT2D eigenvalue weighted by Crippen LogP contribution is 2.42. The van der Waals surface area contributed by atoms with Gasteiger partial charge in [0.25, 0.3) is 0 Å². The van der Waals surface area contributed by atoms with Crippen LogP contribution in [0.4, 0.5) is 0 Å². The molecule has 0 spiro atoms. The zero-order valence-electron chi connectivity index (χ0n) is 12.3. The fourth-order valence-corrected chi connectivity index (χ4v) is 2.54. The molecule has 0 bridgehead atoms. The number of nitrogens with zero attached hydrogens (tertiary/aromatic N) is 3. The van der Waals surface area contributed by atoms with Gasteiger partial charge in [-0.15, -0.1) is 0 Å². The van der Waals surface area contributed by atoms with Crippen molar-refractivity contribution < 1.29 is 0 Å². The van der Waals surface area contributed by atoms with Gasteiger partial charge in [-0.3, -0.25) is 0 Å². The third-order valence-corrected chi connectivity index (χ3v) is 3.71. The maximum absolute atomic E-state index is 4.58. The number of hydrogen-bond donors (Lipinski definition) is 1.